The average Bonchev–Trinajstić information content (AvgIpc) is 2.89. The molecule has 0 bridgehead atoms. The first-order valence-corrected chi connectivity index (χ1v) is 13.3. The van der Waals surface area contributed by atoms with Crippen LogP contribution in [0.5, 0.6) is 0 Å². The van der Waals surface area contributed by atoms with Crippen LogP contribution >= 0.6 is 0 Å². The van der Waals surface area contributed by atoms with Gasteiger partial charge in [-0.1, -0.05) is 39.0 Å². The molecule has 29 heavy (non-hydrogen) atoms. The summed E-state index contributed by atoms with van der Waals surface area (Å²) < 4.78 is 30.0. The van der Waals surface area contributed by atoms with Crippen LogP contribution in [0.4, 0.5) is 0 Å². The Morgan fingerprint density at radius 3 is 2.28 bits per heavy atom. The Labute approximate surface area is 178 Å². The third-order valence-electron chi connectivity index (χ3n) is 5.55. The van der Waals surface area contributed by atoms with Crippen molar-refractivity contribution in [1.82, 2.24) is 0 Å². The van der Waals surface area contributed by atoms with Crippen LogP contribution in [0.15, 0.2) is 24.8 Å². The van der Waals surface area contributed by atoms with Gasteiger partial charge in [0.15, 0.2) is 14.1 Å². The summed E-state index contributed by atoms with van der Waals surface area (Å²) in [5.41, 5.74) is 0. The number of aliphatic hydroxyl groups excluding tert-OH is 1. The molecule has 0 saturated carbocycles. The summed E-state index contributed by atoms with van der Waals surface area (Å²) in [6, 6.07) is 0. The first kappa shape index (κ1) is 26.5. The first-order chi connectivity index (χ1) is 13.2. The molecule has 1 heterocycles. The van der Waals surface area contributed by atoms with Gasteiger partial charge in [0.2, 0.25) is 0 Å². The Morgan fingerprint density at radius 2 is 1.76 bits per heavy atom. The summed E-state index contributed by atoms with van der Waals surface area (Å²) in [6.45, 7) is 20.7. The van der Waals surface area contributed by atoms with Gasteiger partial charge in [-0.2, -0.15) is 0 Å². The minimum atomic E-state index is -1.99. The fourth-order valence-corrected chi connectivity index (χ4v) is 4.45. The zero-order valence-electron chi connectivity index (χ0n) is 19.7. The van der Waals surface area contributed by atoms with E-state index in [9.17, 15) is 5.11 Å². The molecule has 0 unspecified atom stereocenters. The van der Waals surface area contributed by atoms with Gasteiger partial charge in [-0.3, -0.25) is 0 Å². The molecule has 5 atom stereocenters. The van der Waals surface area contributed by atoms with Crippen molar-refractivity contribution in [3.05, 3.63) is 24.8 Å². The highest BCUT2D eigenvalue weighted by Gasteiger charge is 2.50. The van der Waals surface area contributed by atoms with Crippen molar-refractivity contribution in [1.29, 1.82) is 0 Å². The van der Waals surface area contributed by atoms with Gasteiger partial charge in [0.05, 0.1) is 12.2 Å². The standard InChI is InChI=1S/C22H42O6Si/c1-11-12-17(23)13-14-18(25-15-24-8)20-19(26-22(6,7)27-20)16(2)28-29(9,10)21(3,4)5/h11,13-14,16-20,23H,1,12,15H2,2-10H3/b14-13+/t16-,17+,18+,19-,20-/m1/s1. The average molecular weight is 431 g/mol. The monoisotopic (exact) mass is 430 g/mol. The van der Waals surface area contributed by atoms with E-state index < -0.39 is 32.4 Å². The van der Waals surface area contributed by atoms with Crippen molar-refractivity contribution in [2.24, 2.45) is 0 Å². The van der Waals surface area contributed by atoms with Crippen LogP contribution in [-0.4, -0.2) is 63.6 Å². The minimum Gasteiger partial charge on any atom is -0.411 e. The van der Waals surface area contributed by atoms with Gasteiger partial charge in [0, 0.05) is 7.11 Å². The summed E-state index contributed by atoms with van der Waals surface area (Å²) in [5, 5.41) is 10.1. The fourth-order valence-electron chi connectivity index (χ4n) is 3.04. The molecular weight excluding hydrogens is 388 g/mol. The molecule has 1 aliphatic heterocycles. The Morgan fingerprint density at radius 1 is 1.17 bits per heavy atom. The molecule has 0 aromatic rings. The summed E-state index contributed by atoms with van der Waals surface area (Å²) >= 11 is 0. The Kier molecular flexibility index (Phi) is 9.74. The van der Waals surface area contributed by atoms with E-state index in [2.05, 4.69) is 40.4 Å². The lowest BCUT2D eigenvalue weighted by Gasteiger charge is -2.40. The molecule has 1 N–H and O–H groups in total. The molecule has 7 heteroatoms. The minimum absolute atomic E-state index is 0.0897. The predicted octanol–water partition coefficient (Wildman–Crippen LogP) is 4.40. The van der Waals surface area contributed by atoms with Crippen molar-refractivity contribution in [3.8, 4) is 0 Å². The maximum atomic E-state index is 10.1. The quantitative estimate of drug-likeness (QED) is 0.298. The predicted molar refractivity (Wildman–Crippen MR) is 118 cm³/mol. The number of ether oxygens (including phenoxy) is 4. The highest BCUT2D eigenvalue weighted by atomic mass is 28.4. The molecule has 1 saturated heterocycles. The smallest absolute Gasteiger partial charge is 0.192 e. The highest BCUT2D eigenvalue weighted by molar-refractivity contribution is 6.74. The molecule has 0 aromatic carbocycles. The number of aliphatic hydroxyl groups is 1. The van der Waals surface area contributed by atoms with Gasteiger partial charge in [-0.15, -0.1) is 6.58 Å². The van der Waals surface area contributed by atoms with E-state index in [4.69, 9.17) is 23.4 Å². The zero-order valence-corrected chi connectivity index (χ0v) is 20.7. The van der Waals surface area contributed by atoms with E-state index in [1.165, 1.54) is 0 Å². The number of hydrogen-bond donors (Lipinski definition) is 1. The van der Waals surface area contributed by atoms with E-state index in [0.717, 1.165) is 0 Å². The van der Waals surface area contributed by atoms with E-state index >= 15 is 0 Å². The highest BCUT2D eigenvalue weighted by Crippen LogP contribution is 2.40. The number of hydrogen-bond acceptors (Lipinski definition) is 6. The summed E-state index contributed by atoms with van der Waals surface area (Å²) in [6.07, 6.45) is 3.69. The largest absolute Gasteiger partial charge is 0.411 e. The lowest BCUT2D eigenvalue weighted by atomic mass is 10.0. The van der Waals surface area contributed by atoms with Gasteiger partial charge in [0.25, 0.3) is 0 Å². The molecule has 0 amide bonds. The SMILES string of the molecule is C=CC[C@H](O)/C=C/[C@H](OCOC)[C@H]1OC(C)(C)O[C@@H]1[C@@H](C)O[Si](C)(C)C(C)(C)C. The van der Waals surface area contributed by atoms with Crippen molar-refractivity contribution in [2.45, 2.75) is 102 Å². The van der Waals surface area contributed by atoms with Crippen LogP contribution in [0.25, 0.3) is 0 Å². The lowest BCUT2D eigenvalue weighted by Crippen LogP contribution is -2.50. The zero-order chi connectivity index (χ0) is 22.5. The molecule has 1 fully saturated rings. The molecule has 0 radical (unpaired) electrons. The Hall–Kier alpha value is -0.543. The van der Waals surface area contributed by atoms with Crippen molar-refractivity contribution in [3.63, 3.8) is 0 Å². The normalized spacial score (nSPS) is 25.9. The molecule has 1 rings (SSSR count). The maximum Gasteiger partial charge on any atom is 0.192 e. The van der Waals surface area contributed by atoms with Gasteiger partial charge < -0.3 is 28.5 Å². The van der Waals surface area contributed by atoms with E-state index in [1.807, 2.05) is 26.8 Å². The molecule has 0 spiro atoms. The van der Waals surface area contributed by atoms with Crippen LogP contribution in [0.3, 0.4) is 0 Å². The third kappa shape index (κ3) is 7.90. The van der Waals surface area contributed by atoms with Gasteiger partial charge in [-0.25, -0.2) is 0 Å². The Balaban J connectivity index is 3.08. The van der Waals surface area contributed by atoms with Crippen LogP contribution in [0.2, 0.25) is 18.1 Å². The van der Waals surface area contributed by atoms with Gasteiger partial charge >= 0.3 is 0 Å². The summed E-state index contributed by atoms with van der Waals surface area (Å²) in [4.78, 5) is 0. The van der Waals surface area contributed by atoms with Gasteiger partial charge in [-0.05, 0) is 45.3 Å². The fraction of sp³-hybridized carbons (Fsp3) is 0.818. The molecule has 1 aliphatic rings. The number of rotatable bonds is 11. The number of methoxy groups -OCH3 is 1. The van der Waals surface area contributed by atoms with Crippen LogP contribution in [0.1, 0.15) is 48.0 Å². The second kappa shape index (κ2) is 10.7. The van der Waals surface area contributed by atoms with E-state index in [1.54, 1.807) is 19.3 Å². The third-order valence-corrected chi connectivity index (χ3v) is 10.1. The second-order valence-corrected chi connectivity index (χ2v) is 14.4. The van der Waals surface area contributed by atoms with Crippen molar-refractivity contribution >= 4 is 8.32 Å². The molecule has 0 aliphatic carbocycles. The van der Waals surface area contributed by atoms with Crippen LogP contribution in [0, 0.1) is 0 Å². The molecule has 170 valence electrons. The molecular formula is C22H42O6Si. The molecule has 6 nitrogen and oxygen atoms in total. The van der Waals surface area contributed by atoms with Crippen molar-refractivity contribution in [2.75, 3.05) is 13.9 Å². The Bertz CT molecular complexity index is 540. The van der Waals surface area contributed by atoms with Gasteiger partial charge in [0.1, 0.15) is 25.1 Å². The topological polar surface area (TPSA) is 66.4 Å². The summed E-state index contributed by atoms with van der Waals surface area (Å²) in [7, 11) is -0.416. The van der Waals surface area contributed by atoms with Crippen LogP contribution in [-0.2, 0) is 23.4 Å². The summed E-state index contributed by atoms with van der Waals surface area (Å²) in [5.74, 6) is -0.761. The second-order valence-electron chi connectivity index (χ2n) is 9.66. The lowest BCUT2D eigenvalue weighted by molar-refractivity contribution is -0.165. The van der Waals surface area contributed by atoms with E-state index in [-0.39, 0.29) is 24.0 Å². The molecule has 0 aromatic heterocycles. The van der Waals surface area contributed by atoms with E-state index in [0.29, 0.717) is 6.42 Å². The van der Waals surface area contributed by atoms with Crippen molar-refractivity contribution < 1.29 is 28.5 Å². The maximum absolute atomic E-state index is 10.1. The van der Waals surface area contributed by atoms with Crippen LogP contribution < -0.4 is 0 Å². The first-order valence-electron chi connectivity index (χ1n) is 10.4.